The summed E-state index contributed by atoms with van der Waals surface area (Å²) in [5.41, 5.74) is 3.76. The molecule has 3 heteroatoms. The van der Waals surface area contributed by atoms with Crippen molar-refractivity contribution in [2.24, 2.45) is 0 Å². The first-order valence-corrected chi connectivity index (χ1v) is 9.87. The summed E-state index contributed by atoms with van der Waals surface area (Å²) in [4.78, 5) is 0. The highest BCUT2D eigenvalue weighted by molar-refractivity contribution is 5.41. The molecule has 0 radical (unpaired) electrons. The van der Waals surface area contributed by atoms with E-state index in [-0.39, 0.29) is 0 Å². The molecule has 0 heterocycles. The fourth-order valence-electron chi connectivity index (χ4n) is 2.61. The molecule has 0 unspecified atom stereocenters. The third kappa shape index (κ3) is 7.09. The maximum absolute atomic E-state index is 6.02. The van der Waals surface area contributed by atoms with E-state index >= 15 is 0 Å². The van der Waals surface area contributed by atoms with Gasteiger partial charge in [-0.3, -0.25) is 0 Å². The summed E-state index contributed by atoms with van der Waals surface area (Å²) in [5.74, 6) is 1.83. The molecule has 0 saturated heterocycles. The van der Waals surface area contributed by atoms with E-state index in [1.54, 1.807) is 0 Å². The van der Waals surface area contributed by atoms with Crippen molar-refractivity contribution in [3.8, 4) is 11.5 Å². The minimum Gasteiger partial charge on any atom is -0.493 e. The molecule has 0 aliphatic carbocycles. The Bertz CT molecular complexity index is 637. The van der Waals surface area contributed by atoms with E-state index in [0.717, 1.165) is 63.5 Å². The van der Waals surface area contributed by atoms with Crippen molar-refractivity contribution in [2.45, 2.75) is 59.5 Å². The zero-order valence-electron chi connectivity index (χ0n) is 16.5. The fraction of sp³-hybridized carbons (Fsp3) is 0.478. The van der Waals surface area contributed by atoms with Gasteiger partial charge < -0.3 is 14.8 Å². The van der Waals surface area contributed by atoms with Gasteiger partial charge >= 0.3 is 0 Å². The summed E-state index contributed by atoms with van der Waals surface area (Å²) >= 11 is 0. The molecule has 0 aliphatic rings. The molecule has 2 aromatic carbocycles. The summed E-state index contributed by atoms with van der Waals surface area (Å²) < 4.78 is 11.9. The molecule has 2 rings (SSSR count). The summed E-state index contributed by atoms with van der Waals surface area (Å²) in [5, 5.41) is 3.52. The average Bonchev–Trinajstić information content (AvgIpc) is 2.65. The highest BCUT2D eigenvalue weighted by Crippen LogP contribution is 2.25. The van der Waals surface area contributed by atoms with Gasteiger partial charge in [0.2, 0.25) is 0 Å². The number of hydrogen-bond donors (Lipinski definition) is 1. The van der Waals surface area contributed by atoms with E-state index in [1.165, 1.54) is 16.7 Å². The van der Waals surface area contributed by atoms with Gasteiger partial charge in [0.25, 0.3) is 0 Å². The summed E-state index contributed by atoms with van der Waals surface area (Å²) in [6.07, 6.45) is 4.41. The van der Waals surface area contributed by atoms with Crippen molar-refractivity contribution < 1.29 is 9.47 Å². The minimum absolute atomic E-state index is 0.750. The Hall–Kier alpha value is -2.00. The van der Waals surface area contributed by atoms with Crippen molar-refractivity contribution >= 4 is 0 Å². The number of nitrogens with one attached hydrogen (secondary N) is 1. The number of rotatable bonds is 12. The Morgan fingerprint density at radius 1 is 0.808 bits per heavy atom. The van der Waals surface area contributed by atoms with Crippen LogP contribution in [0.15, 0.2) is 42.5 Å². The van der Waals surface area contributed by atoms with E-state index in [4.69, 9.17) is 9.47 Å². The number of hydrogen-bond acceptors (Lipinski definition) is 3. The molecule has 142 valence electrons. The molecule has 2 aromatic rings. The second-order valence-corrected chi connectivity index (χ2v) is 6.76. The Morgan fingerprint density at radius 3 is 2.19 bits per heavy atom. The summed E-state index contributed by atoms with van der Waals surface area (Å²) in [6, 6.07) is 14.8. The Morgan fingerprint density at radius 2 is 1.50 bits per heavy atom. The number of aryl methyl sites for hydroxylation is 1. The van der Waals surface area contributed by atoms with Gasteiger partial charge in [-0.1, -0.05) is 62.6 Å². The third-order valence-corrected chi connectivity index (χ3v) is 4.33. The lowest BCUT2D eigenvalue weighted by atomic mass is 10.1. The predicted molar refractivity (Wildman–Crippen MR) is 109 cm³/mol. The van der Waals surface area contributed by atoms with Crippen LogP contribution >= 0.6 is 0 Å². The topological polar surface area (TPSA) is 30.5 Å². The molecule has 1 N–H and O–H groups in total. The summed E-state index contributed by atoms with van der Waals surface area (Å²) in [6.45, 7) is 9.61. The van der Waals surface area contributed by atoms with Gasteiger partial charge in [-0.2, -0.15) is 0 Å². The van der Waals surface area contributed by atoms with Crippen LogP contribution in [-0.4, -0.2) is 13.2 Å². The van der Waals surface area contributed by atoms with Gasteiger partial charge in [0, 0.05) is 24.7 Å². The normalized spacial score (nSPS) is 10.7. The molecule has 0 bridgehead atoms. The SMILES string of the molecule is CCCCOc1ccc(CNCc2ccc(C)cc2)c(OCCCC)c1. The van der Waals surface area contributed by atoms with Gasteiger partial charge in [0.1, 0.15) is 11.5 Å². The largest absolute Gasteiger partial charge is 0.493 e. The van der Waals surface area contributed by atoms with Gasteiger partial charge in [0.15, 0.2) is 0 Å². The van der Waals surface area contributed by atoms with E-state index < -0.39 is 0 Å². The molecule has 0 aliphatic heterocycles. The van der Waals surface area contributed by atoms with Gasteiger partial charge in [-0.05, 0) is 31.4 Å². The van der Waals surface area contributed by atoms with Gasteiger partial charge in [-0.25, -0.2) is 0 Å². The second-order valence-electron chi connectivity index (χ2n) is 6.76. The first-order valence-electron chi connectivity index (χ1n) is 9.87. The maximum atomic E-state index is 6.02. The van der Waals surface area contributed by atoms with Crippen molar-refractivity contribution in [3.63, 3.8) is 0 Å². The average molecular weight is 356 g/mol. The third-order valence-electron chi connectivity index (χ3n) is 4.33. The molecule has 0 fully saturated rings. The second kappa shape index (κ2) is 11.6. The van der Waals surface area contributed by atoms with Crippen LogP contribution in [0.3, 0.4) is 0 Å². The smallest absolute Gasteiger partial charge is 0.127 e. The standard InChI is InChI=1S/C23H33NO2/c1-4-6-14-25-22-13-12-21(23(16-22)26-15-7-5-2)18-24-17-20-10-8-19(3)9-11-20/h8-13,16,24H,4-7,14-15,17-18H2,1-3H3. The molecule has 0 saturated carbocycles. The Kier molecular flexibility index (Phi) is 9.05. The van der Waals surface area contributed by atoms with Crippen LogP contribution in [0.2, 0.25) is 0 Å². The van der Waals surface area contributed by atoms with Crippen molar-refractivity contribution in [2.75, 3.05) is 13.2 Å². The lowest BCUT2D eigenvalue weighted by Crippen LogP contribution is -2.14. The quantitative estimate of drug-likeness (QED) is 0.500. The summed E-state index contributed by atoms with van der Waals surface area (Å²) in [7, 11) is 0. The first kappa shape index (κ1) is 20.3. The van der Waals surface area contributed by atoms with E-state index in [2.05, 4.69) is 56.4 Å². The lowest BCUT2D eigenvalue weighted by Gasteiger charge is -2.14. The number of unbranched alkanes of at least 4 members (excludes halogenated alkanes) is 2. The first-order chi connectivity index (χ1) is 12.7. The zero-order chi connectivity index (χ0) is 18.6. The Balaban J connectivity index is 1.95. The molecule has 0 amide bonds. The Labute approximate surface area is 158 Å². The van der Waals surface area contributed by atoms with Crippen molar-refractivity contribution in [1.82, 2.24) is 5.32 Å². The molecule has 3 nitrogen and oxygen atoms in total. The number of benzene rings is 2. The van der Waals surface area contributed by atoms with Gasteiger partial charge in [-0.15, -0.1) is 0 Å². The molecular weight excluding hydrogens is 322 g/mol. The minimum atomic E-state index is 0.750. The molecule has 0 spiro atoms. The van der Waals surface area contributed by atoms with Crippen LogP contribution < -0.4 is 14.8 Å². The van der Waals surface area contributed by atoms with Crippen LogP contribution in [0.25, 0.3) is 0 Å². The maximum Gasteiger partial charge on any atom is 0.127 e. The van der Waals surface area contributed by atoms with Crippen molar-refractivity contribution in [1.29, 1.82) is 0 Å². The van der Waals surface area contributed by atoms with E-state index in [9.17, 15) is 0 Å². The molecular formula is C23H33NO2. The lowest BCUT2D eigenvalue weighted by molar-refractivity contribution is 0.291. The molecule has 26 heavy (non-hydrogen) atoms. The zero-order valence-corrected chi connectivity index (χ0v) is 16.5. The highest BCUT2D eigenvalue weighted by atomic mass is 16.5. The molecule has 0 aromatic heterocycles. The van der Waals surface area contributed by atoms with Gasteiger partial charge in [0.05, 0.1) is 13.2 Å². The van der Waals surface area contributed by atoms with Crippen LogP contribution in [0.5, 0.6) is 11.5 Å². The van der Waals surface area contributed by atoms with Crippen molar-refractivity contribution in [3.05, 3.63) is 59.2 Å². The van der Waals surface area contributed by atoms with E-state index in [0.29, 0.717) is 0 Å². The monoisotopic (exact) mass is 355 g/mol. The predicted octanol–water partition coefficient (Wildman–Crippen LogP) is 5.64. The number of ether oxygens (including phenoxy) is 2. The fourth-order valence-corrected chi connectivity index (χ4v) is 2.61. The van der Waals surface area contributed by atoms with Crippen LogP contribution in [0, 0.1) is 6.92 Å². The molecule has 0 atom stereocenters. The van der Waals surface area contributed by atoms with E-state index in [1.807, 2.05) is 12.1 Å². The van der Waals surface area contributed by atoms with Crippen LogP contribution in [0.1, 0.15) is 56.2 Å². The van der Waals surface area contributed by atoms with Crippen LogP contribution in [-0.2, 0) is 13.1 Å². The van der Waals surface area contributed by atoms with Crippen LogP contribution in [0.4, 0.5) is 0 Å². The highest BCUT2D eigenvalue weighted by Gasteiger charge is 2.07.